The molecule has 1 N–H and O–H groups in total. The number of terminal acetylenes is 1. The molecule has 0 atom stereocenters. The zero-order valence-corrected chi connectivity index (χ0v) is 18.2. The number of amides is 1. The Bertz CT molecular complexity index is 1500. The lowest BCUT2D eigenvalue weighted by atomic mass is 9.96. The van der Waals surface area contributed by atoms with E-state index in [-0.39, 0.29) is 22.9 Å². The molecule has 0 aliphatic carbocycles. The second kappa shape index (κ2) is 8.45. The fourth-order valence-corrected chi connectivity index (χ4v) is 4.40. The Kier molecular flexibility index (Phi) is 5.30. The Morgan fingerprint density at radius 2 is 1.97 bits per heavy atom. The van der Waals surface area contributed by atoms with Gasteiger partial charge in [0.1, 0.15) is 29.1 Å². The largest absolute Gasteiger partial charge is 0.508 e. The van der Waals surface area contributed by atoms with Crippen LogP contribution in [0.25, 0.3) is 32.9 Å². The maximum absolute atomic E-state index is 15.8. The molecular weight excluding hydrogens is 433 g/mol. The van der Waals surface area contributed by atoms with Crippen LogP contribution in [-0.2, 0) is 4.79 Å². The van der Waals surface area contributed by atoms with Crippen LogP contribution in [0.5, 0.6) is 5.75 Å². The number of carbonyl (C=O) groups excluding carboxylic acids is 1. The van der Waals surface area contributed by atoms with E-state index in [9.17, 15) is 9.90 Å². The van der Waals surface area contributed by atoms with Crippen LogP contribution in [0.3, 0.4) is 0 Å². The van der Waals surface area contributed by atoms with Gasteiger partial charge >= 0.3 is 0 Å². The van der Waals surface area contributed by atoms with E-state index < -0.39 is 5.82 Å². The number of phenolic OH excluding ortho intramolecular Hbond substituents is 1. The molecule has 0 bridgehead atoms. The van der Waals surface area contributed by atoms with Crippen molar-refractivity contribution in [2.45, 2.75) is 0 Å². The molecule has 2 aromatic carbocycles. The molecule has 0 spiro atoms. The van der Waals surface area contributed by atoms with Crippen molar-refractivity contribution >= 4 is 33.4 Å². The molecule has 4 aromatic rings. The molecule has 1 aliphatic rings. The number of rotatable bonds is 3. The van der Waals surface area contributed by atoms with E-state index in [0.29, 0.717) is 59.3 Å². The number of hydrogen-bond donors (Lipinski definition) is 1. The maximum Gasteiger partial charge on any atom is 0.246 e. The van der Waals surface area contributed by atoms with Crippen LogP contribution >= 0.6 is 0 Å². The summed E-state index contributed by atoms with van der Waals surface area (Å²) in [5.41, 5.74) is 1.13. The zero-order chi connectivity index (χ0) is 23.8. The van der Waals surface area contributed by atoms with Crippen molar-refractivity contribution in [3.05, 3.63) is 66.9 Å². The first-order chi connectivity index (χ1) is 16.5. The summed E-state index contributed by atoms with van der Waals surface area (Å²) in [6.45, 7) is 5.63. The molecule has 0 unspecified atom stereocenters. The van der Waals surface area contributed by atoms with Crippen LogP contribution in [0.2, 0.25) is 0 Å². The molecule has 34 heavy (non-hydrogen) atoms. The minimum absolute atomic E-state index is 0.0201. The third-order valence-electron chi connectivity index (χ3n) is 6.04. The number of benzene rings is 2. The molecule has 5 rings (SSSR count). The van der Waals surface area contributed by atoms with Gasteiger partial charge in [-0.25, -0.2) is 14.4 Å². The normalized spacial score (nSPS) is 13.8. The number of carbonyl (C=O) groups is 1. The number of anilines is 1. The molecule has 1 aliphatic heterocycles. The highest BCUT2D eigenvalue weighted by Gasteiger charge is 2.24. The SMILES string of the molecule is C#Cc1cccc2cc(O)cc(-c3ncc4c(N5CCN(C(=O)C=C)CC5)ncnc4c3F)c12. The van der Waals surface area contributed by atoms with Crippen molar-refractivity contribution in [1.29, 1.82) is 0 Å². The summed E-state index contributed by atoms with van der Waals surface area (Å²) in [6.07, 6.45) is 9.84. The minimum Gasteiger partial charge on any atom is -0.508 e. The second-order valence-corrected chi connectivity index (χ2v) is 7.94. The number of nitrogens with zero attached hydrogens (tertiary/aromatic N) is 5. The standard InChI is InChI=1S/C26H20FN5O2/c1-3-16-6-5-7-17-12-18(33)13-19(22(16)17)24-23(27)25-20(14-28-24)26(30-15-29-25)32-10-8-31(9-11-32)21(34)4-2/h1,4-7,12-15,33H,2,8-11H2. The molecule has 7 nitrogen and oxygen atoms in total. The van der Waals surface area contributed by atoms with Gasteiger partial charge in [-0.3, -0.25) is 9.78 Å². The molecule has 1 saturated heterocycles. The van der Waals surface area contributed by atoms with E-state index in [0.717, 1.165) is 0 Å². The van der Waals surface area contributed by atoms with Crippen molar-refractivity contribution < 1.29 is 14.3 Å². The lowest BCUT2D eigenvalue weighted by Crippen LogP contribution is -2.48. The summed E-state index contributed by atoms with van der Waals surface area (Å²) in [5.74, 6) is 2.42. The van der Waals surface area contributed by atoms with Gasteiger partial charge in [0.15, 0.2) is 5.82 Å². The van der Waals surface area contributed by atoms with Gasteiger partial charge < -0.3 is 14.9 Å². The Morgan fingerprint density at radius 3 is 2.71 bits per heavy atom. The van der Waals surface area contributed by atoms with Gasteiger partial charge in [-0.1, -0.05) is 24.6 Å². The Balaban J connectivity index is 1.61. The number of piperazine rings is 1. The third-order valence-corrected chi connectivity index (χ3v) is 6.04. The first-order valence-electron chi connectivity index (χ1n) is 10.7. The summed E-state index contributed by atoms with van der Waals surface area (Å²) in [5, 5.41) is 12.0. The molecule has 0 saturated carbocycles. The molecule has 2 aromatic heterocycles. The van der Waals surface area contributed by atoms with Gasteiger partial charge in [-0.15, -0.1) is 6.42 Å². The van der Waals surface area contributed by atoms with E-state index in [2.05, 4.69) is 27.5 Å². The summed E-state index contributed by atoms with van der Waals surface area (Å²) >= 11 is 0. The molecule has 1 fully saturated rings. The van der Waals surface area contributed by atoms with E-state index in [1.54, 1.807) is 35.4 Å². The first-order valence-corrected chi connectivity index (χ1v) is 10.7. The number of aromatic nitrogens is 3. The van der Waals surface area contributed by atoms with Crippen LogP contribution in [0, 0.1) is 18.2 Å². The predicted molar refractivity (Wildman–Crippen MR) is 129 cm³/mol. The fourth-order valence-electron chi connectivity index (χ4n) is 4.40. The number of pyridine rings is 1. The Labute approximate surface area is 195 Å². The van der Waals surface area contributed by atoms with Crippen LogP contribution in [0.1, 0.15) is 5.56 Å². The highest BCUT2D eigenvalue weighted by Crippen LogP contribution is 2.37. The van der Waals surface area contributed by atoms with E-state index >= 15 is 4.39 Å². The minimum atomic E-state index is -0.625. The molecule has 8 heteroatoms. The van der Waals surface area contributed by atoms with Crippen LogP contribution in [0.4, 0.5) is 10.2 Å². The number of hydrogen-bond acceptors (Lipinski definition) is 6. The van der Waals surface area contributed by atoms with E-state index in [4.69, 9.17) is 6.42 Å². The summed E-state index contributed by atoms with van der Waals surface area (Å²) in [7, 11) is 0. The summed E-state index contributed by atoms with van der Waals surface area (Å²) < 4.78 is 15.8. The number of fused-ring (bicyclic) bond motifs is 2. The summed E-state index contributed by atoms with van der Waals surface area (Å²) in [6, 6.07) is 8.38. The van der Waals surface area contributed by atoms with Gasteiger partial charge in [0, 0.05) is 48.9 Å². The van der Waals surface area contributed by atoms with Crippen molar-refractivity contribution in [2.24, 2.45) is 0 Å². The second-order valence-electron chi connectivity index (χ2n) is 7.94. The highest BCUT2D eigenvalue weighted by atomic mass is 19.1. The predicted octanol–water partition coefficient (Wildman–Crippen LogP) is 3.51. The number of phenols is 1. The average Bonchev–Trinajstić information content (AvgIpc) is 2.87. The molecule has 0 radical (unpaired) electrons. The van der Waals surface area contributed by atoms with Crippen LogP contribution in [-0.4, -0.2) is 57.0 Å². The Hall–Kier alpha value is -4.51. The van der Waals surface area contributed by atoms with Crippen molar-refractivity contribution in [3.63, 3.8) is 0 Å². The van der Waals surface area contributed by atoms with Crippen LogP contribution in [0.15, 0.2) is 55.5 Å². The lowest BCUT2D eigenvalue weighted by molar-refractivity contribution is -0.126. The number of halogens is 1. The van der Waals surface area contributed by atoms with Crippen molar-refractivity contribution in [2.75, 3.05) is 31.1 Å². The quantitative estimate of drug-likeness (QED) is 0.378. The Morgan fingerprint density at radius 1 is 1.18 bits per heavy atom. The van der Waals surface area contributed by atoms with E-state index in [1.807, 2.05) is 4.90 Å². The van der Waals surface area contributed by atoms with Gasteiger partial charge in [0.25, 0.3) is 0 Å². The fraction of sp³-hybridized carbons (Fsp3) is 0.154. The van der Waals surface area contributed by atoms with Gasteiger partial charge in [-0.05, 0) is 29.7 Å². The monoisotopic (exact) mass is 453 g/mol. The van der Waals surface area contributed by atoms with Crippen molar-refractivity contribution in [3.8, 4) is 29.4 Å². The van der Waals surface area contributed by atoms with Gasteiger partial charge in [-0.2, -0.15) is 0 Å². The smallest absolute Gasteiger partial charge is 0.246 e. The highest BCUT2D eigenvalue weighted by molar-refractivity contribution is 6.02. The van der Waals surface area contributed by atoms with Crippen LogP contribution < -0.4 is 4.90 Å². The average molecular weight is 453 g/mol. The summed E-state index contributed by atoms with van der Waals surface area (Å²) in [4.78, 5) is 28.5. The zero-order valence-electron chi connectivity index (χ0n) is 18.2. The number of aromatic hydroxyl groups is 1. The van der Waals surface area contributed by atoms with E-state index in [1.165, 1.54) is 18.5 Å². The van der Waals surface area contributed by atoms with Crippen molar-refractivity contribution in [1.82, 2.24) is 19.9 Å². The van der Waals surface area contributed by atoms with Gasteiger partial charge in [0.2, 0.25) is 5.91 Å². The first kappa shape index (κ1) is 21.3. The molecule has 168 valence electrons. The maximum atomic E-state index is 15.8. The third kappa shape index (κ3) is 3.48. The lowest BCUT2D eigenvalue weighted by Gasteiger charge is -2.35. The molecular formula is C26H20FN5O2. The van der Waals surface area contributed by atoms with Gasteiger partial charge in [0.05, 0.1) is 5.39 Å². The molecule has 1 amide bonds. The topological polar surface area (TPSA) is 82.5 Å². The molecule has 3 heterocycles.